The summed E-state index contributed by atoms with van der Waals surface area (Å²) >= 11 is 0. The van der Waals surface area contributed by atoms with E-state index in [1.807, 2.05) is 0 Å². The number of rotatable bonds is 7. The van der Waals surface area contributed by atoms with E-state index in [-0.39, 0.29) is 6.04 Å². The van der Waals surface area contributed by atoms with E-state index < -0.39 is 11.7 Å². The average molecular weight is 369 g/mol. The maximum absolute atomic E-state index is 12.9. The molecule has 0 unspecified atom stereocenters. The minimum absolute atomic E-state index is 0.196. The van der Waals surface area contributed by atoms with Crippen LogP contribution in [0, 0.1) is 18.3 Å². The molecule has 2 atom stereocenters. The lowest BCUT2D eigenvalue weighted by Gasteiger charge is -2.42. The van der Waals surface area contributed by atoms with Gasteiger partial charge in [-0.1, -0.05) is 39.8 Å². The van der Waals surface area contributed by atoms with Crippen molar-refractivity contribution in [3.63, 3.8) is 0 Å². The quantitative estimate of drug-likeness (QED) is 0.506. The minimum Gasteiger partial charge on any atom is -0.293 e. The van der Waals surface area contributed by atoms with Crippen molar-refractivity contribution in [1.82, 2.24) is 4.90 Å². The summed E-state index contributed by atoms with van der Waals surface area (Å²) in [6.07, 6.45) is 3.49. The van der Waals surface area contributed by atoms with Gasteiger partial charge in [0.25, 0.3) is 0 Å². The molecule has 1 aliphatic rings. The molecule has 0 aliphatic carbocycles. The van der Waals surface area contributed by atoms with Gasteiger partial charge in [-0.25, -0.2) is 0 Å². The van der Waals surface area contributed by atoms with Crippen molar-refractivity contribution in [1.29, 1.82) is 0 Å². The fourth-order valence-electron chi connectivity index (χ4n) is 3.96. The van der Waals surface area contributed by atoms with Crippen LogP contribution in [-0.4, -0.2) is 17.5 Å². The molecule has 1 nitrogen and oxygen atoms in total. The SMILES string of the molecule is CC(C)CC[C@H](CC(C)C)N1CC[CH]C[C@H]1c1ccc(C(F)(F)F)cc1. The van der Waals surface area contributed by atoms with Gasteiger partial charge in [0.1, 0.15) is 0 Å². The molecular formula is C22H33F3N. The lowest BCUT2D eigenvalue weighted by atomic mass is 9.88. The van der Waals surface area contributed by atoms with Gasteiger partial charge < -0.3 is 0 Å². The van der Waals surface area contributed by atoms with Crippen LogP contribution < -0.4 is 0 Å². The highest BCUT2D eigenvalue weighted by atomic mass is 19.4. The molecule has 0 amide bonds. The van der Waals surface area contributed by atoms with Gasteiger partial charge in [0.15, 0.2) is 0 Å². The second-order valence-electron chi connectivity index (χ2n) is 8.44. The summed E-state index contributed by atoms with van der Waals surface area (Å²) in [7, 11) is 0. The van der Waals surface area contributed by atoms with E-state index in [0.717, 1.165) is 37.8 Å². The third-order valence-corrected chi connectivity index (χ3v) is 5.29. The van der Waals surface area contributed by atoms with Crippen LogP contribution in [0.5, 0.6) is 0 Å². The Morgan fingerprint density at radius 3 is 2.19 bits per heavy atom. The first kappa shape index (κ1) is 21.3. The van der Waals surface area contributed by atoms with E-state index in [9.17, 15) is 13.2 Å². The first-order valence-electron chi connectivity index (χ1n) is 9.93. The maximum atomic E-state index is 12.9. The van der Waals surface area contributed by atoms with Gasteiger partial charge >= 0.3 is 6.18 Å². The number of hydrogen-bond acceptors (Lipinski definition) is 1. The molecule has 4 heteroatoms. The normalized spacial score (nSPS) is 20.7. The van der Waals surface area contributed by atoms with Crippen molar-refractivity contribution in [3.05, 3.63) is 41.8 Å². The molecule has 1 heterocycles. The Balaban J connectivity index is 2.20. The molecule has 0 aromatic heterocycles. The zero-order valence-electron chi connectivity index (χ0n) is 16.5. The Bertz CT molecular complexity index is 533. The van der Waals surface area contributed by atoms with Crippen LogP contribution in [-0.2, 0) is 6.18 Å². The van der Waals surface area contributed by atoms with Crippen molar-refractivity contribution in [3.8, 4) is 0 Å². The van der Waals surface area contributed by atoms with Crippen LogP contribution >= 0.6 is 0 Å². The average Bonchev–Trinajstić information content (AvgIpc) is 2.57. The number of halogens is 3. The van der Waals surface area contributed by atoms with Crippen LogP contribution in [0.25, 0.3) is 0 Å². The Hall–Kier alpha value is -1.03. The molecule has 26 heavy (non-hydrogen) atoms. The Morgan fingerprint density at radius 1 is 1.00 bits per heavy atom. The van der Waals surface area contributed by atoms with Gasteiger partial charge in [-0.05, 0) is 74.6 Å². The third-order valence-electron chi connectivity index (χ3n) is 5.29. The van der Waals surface area contributed by atoms with E-state index in [0.29, 0.717) is 17.9 Å². The fraction of sp³-hybridized carbons (Fsp3) is 0.682. The van der Waals surface area contributed by atoms with Gasteiger partial charge in [-0.15, -0.1) is 0 Å². The highest BCUT2D eigenvalue weighted by molar-refractivity contribution is 5.27. The molecule has 1 saturated heterocycles. The molecule has 0 N–H and O–H groups in total. The van der Waals surface area contributed by atoms with E-state index in [1.54, 1.807) is 12.1 Å². The highest BCUT2D eigenvalue weighted by Gasteiger charge is 2.33. The molecule has 1 aromatic carbocycles. The molecule has 0 saturated carbocycles. The molecular weight excluding hydrogens is 335 g/mol. The predicted octanol–water partition coefficient (Wildman–Crippen LogP) is 6.90. The molecule has 1 fully saturated rings. The fourth-order valence-corrected chi connectivity index (χ4v) is 3.96. The smallest absolute Gasteiger partial charge is 0.293 e. The highest BCUT2D eigenvalue weighted by Crippen LogP contribution is 2.37. The van der Waals surface area contributed by atoms with Crippen molar-refractivity contribution < 1.29 is 13.2 Å². The van der Waals surface area contributed by atoms with Crippen molar-refractivity contribution in [2.75, 3.05) is 6.54 Å². The number of likely N-dealkylation sites (tertiary alicyclic amines) is 1. The first-order valence-corrected chi connectivity index (χ1v) is 9.93. The maximum Gasteiger partial charge on any atom is 0.416 e. The number of benzene rings is 1. The van der Waals surface area contributed by atoms with Crippen LogP contribution in [0.1, 0.15) is 77.0 Å². The molecule has 147 valence electrons. The molecule has 1 aromatic rings. The number of alkyl halides is 3. The summed E-state index contributed by atoms with van der Waals surface area (Å²) in [6, 6.07) is 6.50. The number of hydrogen-bond donors (Lipinski definition) is 0. The van der Waals surface area contributed by atoms with Crippen LogP contribution in [0.3, 0.4) is 0 Å². The van der Waals surface area contributed by atoms with E-state index in [2.05, 4.69) is 39.0 Å². The lowest BCUT2D eigenvalue weighted by Crippen LogP contribution is -2.42. The van der Waals surface area contributed by atoms with E-state index in [1.165, 1.54) is 18.6 Å². The topological polar surface area (TPSA) is 3.24 Å². The van der Waals surface area contributed by atoms with Crippen molar-refractivity contribution >= 4 is 0 Å². The van der Waals surface area contributed by atoms with Gasteiger partial charge in [0, 0.05) is 12.1 Å². The summed E-state index contributed by atoms with van der Waals surface area (Å²) < 4.78 is 38.6. The Labute approximate surface area is 157 Å². The molecule has 0 bridgehead atoms. The van der Waals surface area contributed by atoms with Gasteiger partial charge in [-0.2, -0.15) is 13.2 Å². The zero-order chi connectivity index (χ0) is 19.3. The molecule has 1 aliphatic heterocycles. The predicted molar refractivity (Wildman–Crippen MR) is 102 cm³/mol. The van der Waals surface area contributed by atoms with Crippen LogP contribution in [0.4, 0.5) is 13.2 Å². The summed E-state index contributed by atoms with van der Waals surface area (Å²) in [4.78, 5) is 2.56. The van der Waals surface area contributed by atoms with Crippen molar-refractivity contribution in [2.45, 2.75) is 78.1 Å². The molecule has 0 spiro atoms. The van der Waals surface area contributed by atoms with Gasteiger partial charge in [0.05, 0.1) is 5.56 Å². The third kappa shape index (κ3) is 6.00. The van der Waals surface area contributed by atoms with Crippen molar-refractivity contribution in [2.24, 2.45) is 11.8 Å². The summed E-state index contributed by atoms with van der Waals surface area (Å²) in [5, 5.41) is 0. The lowest BCUT2D eigenvalue weighted by molar-refractivity contribution is -0.137. The Kier molecular flexibility index (Phi) is 7.57. The van der Waals surface area contributed by atoms with Crippen LogP contribution in [0.15, 0.2) is 24.3 Å². The Morgan fingerprint density at radius 2 is 1.65 bits per heavy atom. The molecule has 2 rings (SSSR count). The minimum atomic E-state index is -4.27. The molecule has 1 radical (unpaired) electrons. The monoisotopic (exact) mass is 368 g/mol. The second-order valence-corrected chi connectivity index (χ2v) is 8.44. The zero-order valence-corrected chi connectivity index (χ0v) is 16.5. The standard InChI is InChI=1S/C22H33F3N/c1-16(2)8-13-20(15-17(3)4)26-14-6-5-7-21(26)18-9-11-19(12-10-18)22(23,24)25/h5,9-12,16-17,20-21H,6-8,13-15H2,1-4H3/t20-,21+/m1/s1. The first-order chi connectivity index (χ1) is 12.2. The van der Waals surface area contributed by atoms with Gasteiger partial charge in [0.2, 0.25) is 0 Å². The number of piperidine rings is 1. The summed E-state index contributed by atoms with van der Waals surface area (Å²) in [6.45, 7) is 10.0. The van der Waals surface area contributed by atoms with E-state index >= 15 is 0 Å². The second kappa shape index (κ2) is 9.25. The summed E-state index contributed by atoms with van der Waals surface area (Å²) in [5.41, 5.74) is 0.443. The summed E-state index contributed by atoms with van der Waals surface area (Å²) in [5.74, 6) is 1.29. The van der Waals surface area contributed by atoms with E-state index in [4.69, 9.17) is 0 Å². The van der Waals surface area contributed by atoms with Gasteiger partial charge in [-0.3, -0.25) is 4.90 Å². The van der Waals surface area contributed by atoms with Crippen LogP contribution in [0.2, 0.25) is 0 Å². The largest absolute Gasteiger partial charge is 0.416 e. The number of nitrogens with zero attached hydrogens (tertiary/aromatic N) is 1.